The van der Waals surface area contributed by atoms with Crippen LogP contribution in [0.2, 0.25) is 0 Å². The van der Waals surface area contributed by atoms with Crippen molar-refractivity contribution >= 4 is 95.1 Å². The predicted octanol–water partition coefficient (Wildman–Crippen LogP) is 5.29. The van der Waals surface area contributed by atoms with Gasteiger partial charge in [-0.15, -0.1) is 45.3 Å². The van der Waals surface area contributed by atoms with Crippen LogP contribution in [0, 0.1) is 0 Å². The van der Waals surface area contributed by atoms with Gasteiger partial charge in [-0.1, -0.05) is 0 Å². The molecule has 6 heteroatoms. The lowest BCUT2D eigenvalue weighted by Gasteiger charge is -1.78. The molecule has 0 aliphatic heterocycles. The number of rotatable bonds is 0. The number of hydrogen-bond acceptors (Lipinski definition) is 6. The Morgan fingerprint density at radius 3 is 1.45 bits per heavy atom. The minimum Gasteiger partial charge on any atom is -0.288 e. The Hall–Kier alpha value is -1.60. The van der Waals surface area contributed by atoms with E-state index in [1.807, 2.05) is 22.9 Å². The zero-order chi connectivity index (χ0) is 14.6. The fourth-order valence-corrected chi connectivity index (χ4v) is 8.25. The van der Waals surface area contributed by atoms with E-state index in [1.54, 1.807) is 45.3 Å². The number of hydrogen-bond donors (Lipinski definition) is 0. The highest BCUT2D eigenvalue weighted by Gasteiger charge is 2.24. The van der Waals surface area contributed by atoms with E-state index in [4.69, 9.17) is 0 Å². The third-order valence-electron chi connectivity index (χ3n) is 4.21. The summed E-state index contributed by atoms with van der Waals surface area (Å²) in [6, 6.07) is 3.81. The molecule has 0 atom stereocenters. The van der Waals surface area contributed by atoms with E-state index in [0.717, 1.165) is 49.7 Å². The molecule has 2 aromatic carbocycles. The molecule has 0 saturated carbocycles. The first-order valence-corrected chi connectivity index (χ1v) is 9.99. The van der Waals surface area contributed by atoms with Crippen LogP contribution in [0.15, 0.2) is 32.5 Å². The second-order valence-corrected chi connectivity index (χ2v) is 9.13. The smallest absolute Gasteiger partial charge is 0.197 e. The Labute approximate surface area is 138 Å². The molecule has 4 aromatic heterocycles. The van der Waals surface area contributed by atoms with Crippen LogP contribution in [0.25, 0.3) is 49.7 Å². The molecule has 0 saturated heterocycles. The molecule has 104 valence electrons. The van der Waals surface area contributed by atoms with Gasteiger partial charge < -0.3 is 0 Å². The summed E-state index contributed by atoms with van der Waals surface area (Å²) < 4.78 is 6.27. The molecule has 22 heavy (non-hydrogen) atoms. The van der Waals surface area contributed by atoms with Gasteiger partial charge in [-0.05, 0) is 22.9 Å². The lowest BCUT2D eigenvalue weighted by molar-refractivity contribution is 1.92. The molecular weight excluding hydrogens is 352 g/mol. The maximum absolute atomic E-state index is 12.7. The SMILES string of the molecule is O=c1c2ccsc2c2sc3c(sc4c5sccc5c(=O)c43)c12. The van der Waals surface area contributed by atoms with Crippen LogP contribution < -0.4 is 10.9 Å². The van der Waals surface area contributed by atoms with Crippen LogP contribution >= 0.6 is 45.3 Å². The largest absolute Gasteiger partial charge is 0.288 e. The van der Waals surface area contributed by atoms with Gasteiger partial charge in [0.1, 0.15) is 0 Å². The Balaban J connectivity index is 2.01. The summed E-state index contributed by atoms with van der Waals surface area (Å²) >= 11 is 6.45. The fraction of sp³-hybridized carbons (Fsp3) is 0. The number of thiophene rings is 4. The molecule has 0 radical (unpaired) electrons. The lowest BCUT2D eigenvalue weighted by atomic mass is 10.3. The molecule has 6 aromatic rings. The third-order valence-corrected chi connectivity index (χ3v) is 8.91. The van der Waals surface area contributed by atoms with Crippen LogP contribution in [0.4, 0.5) is 0 Å². The molecule has 0 N–H and O–H groups in total. The van der Waals surface area contributed by atoms with Crippen LogP contribution in [-0.2, 0) is 0 Å². The second-order valence-electron chi connectivity index (χ2n) is 5.26. The topological polar surface area (TPSA) is 34.1 Å². The Morgan fingerprint density at radius 1 is 0.591 bits per heavy atom. The van der Waals surface area contributed by atoms with E-state index in [0.29, 0.717) is 0 Å². The normalized spacial score (nSPS) is 12.9. The molecular formula is C16H4O2S4. The first-order chi connectivity index (χ1) is 10.8. The van der Waals surface area contributed by atoms with Gasteiger partial charge in [0, 0.05) is 10.8 Å². The van der Waals surface area contributed by atoms with E-state index in [-0.39, 0.29) is 10.9 Å². The standard InChI is InChI=1S/C16H4O2S4/c17-9-5-1-3-19-11(5)13-7(9)15-16(21-13)8-10(18)6-2-4-20-12(6)14(8)22-15/h1-4H. The van der Waals surface area contributed by atoms with Crippen molar-refractivity contribution in [2.45, 2.75) is 0 Å². The maximum atomic E-state index is 12.7. The zero-order valence-corrected chi connectivity index (χ0v) is 14.0. The van der Waals surface area contributed by atoms with E-state index in [2.05, 4.69) is 0 Å². The molecule has 2 nitrogen and oxygen atoms in total. The summed E-state index contributed by atoms with van der Waals surface area (Å²) in [5, 5.41) is 7.23. The molecule has 0 bridgehead atoms. The summed E-state index contributed by atoms with van der Waals surface area (Å²) in [4.78, 5) is 25.3. The highest BCUT2D eigenvalue weighted by atomic mass is 32.1. The van der Waals surface area contributed by atoms with Gasteiger partial charge >= 0.3 is 0 Å². The van der Waals surface area contributed by atoms with E-state index < -0.39 is 0 Å². The predicted molar refractivity (Wildman–Crippen MR) is 100 cm³/mol. The molecule has 0 unspecified atom stereocenters. The van der Waals surface area contributed by atoms with Crippen molar-refractivity contribution < 1.29 is 0 Å². The van der Waals surface area contributed by atoms with Gasteiger partial charge in [-0.3, -0.25) is 9.59 Å². The monoisotopic (exact) mass is 356 g/mol. The van der Waals surface area contributed by atoms with Crippen molar-refractivity contribution in [3.05, 3.63) is 43.3 Å². The second kappa shape index (κ2) is 3.65. The lowest BCUT2D eigenvalue weighted by Crippen LogP contribution is -1.92. The quantitative estimate of drug-likeness (QED) is 0.370. The summed E-state index contributed by atoms with van der Waals surface area (Å²) in [7, 11) is 0. The molecule has 0 aliphatic rings. The maximum Gasteiger partial charge on any atom is 0.197 e. The molecule has 6 rings (SSSR count). The third kappa shape index (κ3) is 1.12. The summed E-state index contributed by atoms with van der Waals surface area (Å²) in [6.45, 7) is 0. The van der Waals surface area contributed by atoms with Crippen molar-refractivity contribution in [1.29, 1.82) is 0 Å². The summed E-state index contributed by atoms with van der Waals surface area (Å²) in [5.41, 5.74) is 0.243. The van der Waals surface area contributed by atoms with Crippen LogP contribution in [0.1, 0.15) is 0 Å². The van der Waals surface area contributed by atoms with Crippen molar-refractivity contribution in [3.63, 3.8) is 0 Å². The molecule has 0 aliphatic carbocycles. The Morgan fingerprint density at radius 2 is 1.00 bits per heavy atom. The minimum absolute atomic E-state index is 0.122. The van der Waals surface area contributed by atoms with Gasteiger partial charge in [-0.2, -0.15) is 0 Å². The Kier molecular flexibility index (Phi) is 1.98. The van der Waals surface area contributed by atoms with Gasteiger partial charge in [0.2, 0.25) is 0 Å². The van der Waals surface area contributed by atoms with Crippen LogP contribution in [0.5, 0.6) is 0 Å². The summed E-state index contributed by atoms with van der Waals surface area (Å²) in [6.07, 6.45) is 0. The van der Waals surface area contributed by atoms with Crippen molar-refractivity contribution in [2.24, 2.45) is 0 Å². The molecule has 0 amide bonds. The van der Waals surface area contributed by atoms with Gasteiger partial charge in [0.15, 0.2) is 10.9 Å². The average molecular weight is 356 g/mol. The average Bonchev–Trinajstić information content (AvgIpc) is 3.25. The van der Waals surface area contributed by atoms with Crippen LogP contribution in [-0.4, -0.2) is 0 Å². The van der Waals surface area contributed by atoms with E-state index >= 15 is 0 Å². The zero-order valence-electron chi connectivity index (χ0n) is 10.8. The van der Waals surface area contributed by atoms with Crippen molar-refractivity contribution in [3.8, 4) is 0 Å². The van der Waals surface area contributed by atoms with Crippen LogP contribution in [0.3, 0.4) is 0 Å². The molecule has 0 fully saturated rings. The highest BCUT2D eigenvalue weighted by molar-refractivity contribution is 7.40. The van der Waals surface area contributed by atoms with E-state index in [9.17, 15) is 9.59 Å². The molecule has 0 spiro atoms. The molecule has 4 heterocycles. The fourth-order valence-electron chi connectivity index (χ4n) is 3.26. The number of fused-ring (bicyclic) bond motifs is 9. The van der Waals surface area contributed by atoms with E-state index in [1.165, 1.54) is 0 Å². The summed E-state index contributed by atoms with van der Waals surface area (Å²) in [5.74, 6) is 0. The highest BCUT2D eigenvalue weighted by Crippen LogP contribution is 2.48. The van der Waals surface area contributed by atoms with Gasteiger partial charge in [-0.25, -0.2) is 0 Å². The first-order valence-electron chi connectivity index (χ1n) is 6.60. The minimum atomic E-state index is 0.122. The van der Waals surface area contributed by atoms with Gasteiger partial charge in [0.05, 0.1) is 39.0 Å². The van der Waals surface area contributed by atoms with Crippen molar-refractivity contribution in [1.82, 2.24) is 0 Å². The first kappa shape index (κ1) is 11.9. The van der Waals surface area contributed by atoms with Gasteiger partial charge in [0.25, 0.3) is 0 Å². The Bertz CT molecular complexity index is 1350. The van der Waals surface area contributed by atoms with Crippen molar-refractivity contribution in [2.75, 3.05) is 0 Å².